The fraction of sp³-hybridized carbons (Fsp3) is 0.178. The SMILES string of the molecule is Brc1ccc(-c2ccccc2)cc1.CC.CC(C)(C)[O-].CC1(C)c2ccccc2-c2cc3c(cc21)Cc1cc(Cl)ccc1-3.CC1(C)c2ccccc2-c2cc3c4ccc(Cl)cc4n(-c4ccc(-c5ccccc5)cc4)c3cc21.[Na+]. The van der Waals surface area contributed by atoms with Crippen LogP contribution in [0.2, 0.25) is 10.0 Å². The average molecular weight is 1150 g/mol. The van der Waals surface area contributed by atoms with Gasteiger partial charge >= 0.3 is 29.6 Å². The molecule has 390 valence electrons. The summed E-state index contributed by atoms with van der Waals surface area (Å²) >= 11 is 16.1. The zero-order valence-electron chi connectivity index (χ0n) is 47.0. The van der Waals surface area contributed by atoms with Gasteiger partial charge < -0.3 is 9.67 Å². The molecule has 0 saturated carbocycles. The van der Waals surface area contributed by atoms with Crippen molar-refractivity contribution >= 4 is 60.9 Å². The number of nitrogens with zero attached hydrogens (tertiary/aromatic N) is 1. The molecule has 0 saturated heterocycles. The second kappa shape index (κ2) is 23.6. The summed E-state index contributed by atoms with van der Waals surface area (Å²) in [7, 11) is 0. The van der Waals surface area contributed by atoms with Gasteiger partial charge in [-0.3, -0.25) is 0 Å². The third-order valence-corrected chi connectivity index (χ3v) is 16.2. The zero-order valence-corrected chi connectivity index (χ0v) is 52.1. The minimum atomic E-state index is -0.750. The van der Waals surface area contributed by atoms with E-state index in [-0.39, 0.29) is 40.4 Å². The van der Waals surface area contributed by atoms with Crippen molar-refractivity contribution in [2.45, 2.75) is 85.2 Å². The van der Waals surface area contributed by atoms with Crippen molar-refractivity contribution < 1.29 is 34.7 Å². The number of aromatic nitrogens is 1. The summed E-state index contributed by atoms with van der Waals surface area (Å²) in [6.07, 6.45) is 0.991. The van der Waals surface area contributed by atoms with Gasteiger partial charge in [0.2, 0.25) is 0 Å². The van der Waals surface area contributed by atoms with E-state index in [9.17, 15) is 5.11 Å². The summed E-state index contributed by atoms with van der Waals surface area (Å²) in [6.45, 7) is 18.2. The number of fused-ring (bicyclic) bond motifs is 12. The van der Waals surface area contributed by atoms with E-state index in [4.69, 9.17) is 23.2 Å². The molecule has 14 rings (SSSR count). The van der Waals surface area contributed by atoms with Gasteiger partial charge in [-0.25, -0.2) is 0 Å². The largest absolute Gasteiger partial charge is 1.00 e. The molecule has 3 aliphatic rings. The van der Waals surface area contributed by atoms with Gasteiger partial charge in [0.25, 0.3) is 0 Å². The van der Waals surface area contributed by atoms with Crippen LogP contribution in [0.5, 0.6) is 0 Å². The normalized spacial score (nSPS) is 13.2. The maximum atomic E-state index is 10.1. The van der Waals surface area contributed by atoms with Crippen molar-refractivity contribution in [3.8, 4) is 61.3 Å². The minimum Gasteiger partial charge on any atom is -0.850 e. The molecule has 6 heteroatoms. The summed E-state index contributed by atoms with van der Waals surface area (Å²) in [5.74, 6) is 0. The van der Waals surface area contributed by atoms with Crippen LogP contribution in [-0.2, 0) is 17.3 Å². The van der Waals surface area contributed by atoms with E-state index in [1.807, 2.05) is 32.0 Å². The topological polar surface area (TPSA) is 28.0 Å². The van der Waals surface area contributed by atoms with Gasteiger partial charge in [-0.15, -0.1) is 5.60 Å². The molecule has 0 atom stereocenters. The predicted octanol–water partition coefficient (Wildman–Crippen LogP) is 17.9. The van der Waals surface area contributed by atoms with Gasteiger partial charge in [0.05, 0.1) is 11.0 Å². The number of benzene rings is 10. The molecule has 3 aliphatic carbocycles. The molecule has 0 bridgehead atoms. The first-order valence-electron chi connectivity index (χ1n) is 27.1. The fourth-order valence-corrected chi connectivity index (χ4v) is 12.2. The number of hydrogen-bond acceptors (Lipinski definition) is 1. The van der Waals surface area contributed by atoms with Crippen molar-refractivity contribution in [3.63, 3.8) is 0 Å². The smallest absolute Gasteiger partial charge is 0.850 e. The predicted molar refractivity (Wildman–Crippen MR) is 337 cm³/mol. The third kappa shape index (κ3) is 11.7. The van der Waals surface area contributed by atoms with Crippen LogP contribution in [0.3, 0.4) is 0 Å². The number of hydrogen-bond donors (Lipinski definition) is 0. The number of rotatable bonds is 3. The van der Waals surface area contributed by atoms with E-state index in [0.29, 0.717) is 0 Å². The summed E-state index contributed by atoms with van der Waals surface area (Å²) in [6, 6.07) is 77.9. The van der Waals surface area contributed by atoms with E-state index < -0.39 is 5.60 Å². The second-order valence-electron chi connectivity index (χ2n) is 22.2. The first-order valence-corrected chi connectivity index (χ1v) is 28.6. The molecule has 1 heterocycles. The van der Waals surface area contributed by atoms with Gasteiger partial charge in [-0.05, 0) is 162 Å². The van der Waals surface area contributed by atoms with Crippen LogP contribution in [0.4, 0.5) is 0 Å². The minimum absolute atomic E-state index is 0. The Bertz CT molecular complexity index is 3960. The quantitative estimate of drug-likeness (QED) is 0.162. The molecule has 0 unspecified atom stereocenters. The van der Waals surface area contributed by atoms with E-state index in [1.54, 1.807) is 20.8 Å². The molecule has 0 amide bonds. The van der Waals surface area contributed by atoms with Crippen LogP contribution < -0.4 is 34.7 Å². The van der Waals surface area contributed by atoms with Gasteiger partial charge in [0, 0.05) is 41.8 Å². The summed E-state index contributed by atoms with van der Waals surface area (Å²) in [4.78, 5) is 0. The van der Waals surface area contributed by atoms with Crippen molar-refractivity contribution in [2.75, 3.05) is 0 Å². The van der Waals surface area contributed by atoms with Gasteiger partial charge in [0.1, 0.15) is 0 Å². The molecule has 0 radical (unpaired) electrons. The van der Waals surface area contributed by atoms with E-state index in [0.717, 1.165) is 32.1 Å². The van der Waals surface area contributed by atoms with Crippen LogP contribution in [0.25, 0.3) is 83.1 Å². The third-order valence-electron chi connectivity index (χ3n) is 15.2. The Morgan fingerprint density at radius 3 is 1.41 bits per heavy atom. The summed E-state index contributed by atoms with van der Waals surface area (Å²) < 4.78 is 3.48. The second-order valence-corrected chi connectivity index (χ2v) is 24.0. The zero-order chi connectivity index (χ0) is 55.1. The number of halogens is 3. The van der Waals surface area contributed by atoms with Crippen LogP contribution in [-0.4, -0.2) is 10.2 Å². The Kier molecular flexibility index (Phi) is 17.2. The van der Waals surface area contributed by atoms with E-state index in [2.05, 4.69) is 248 Å². The average Bonchev–Trinajstić information content (AvgIpc) is 3.50. The first-order chi connectivity index (χ1) is 37.4. The van der Waals surface area contributed by atoms with Crippen LogP contribution in [0, 0.1) is 0 Å². The maximum absolute atomic E-state index is 10.1. The molecule has 0 N–H and O–H groups in total. The van der Waals surface area contributed by atoms with Gasteiger partial charge in [-0.1, -0.05) is 253 Å². The van der Waals surface area contributed by atoms with Crippen molar-refractivity contribution in [1.82, 2.24) is 4.57 Å². The molecule has 1 aromatic heterocycles. The van der Waals surface area contributed by atoms with Crippen LogP contribution in [0.15, 0.2) is 223 Å². The van der Waals surface area contributed by atoms with Crippen molar-refractivity contribution in [3.05, 3.63) is 266 Å². The van der Waals surface area contributed by atoms with Crippen molar-refractivity contribution in [2.24, 2.45) is 0 Å². The summed E-state index contributed by atoms with van der Waals surface area (Å²) in [5.41, 5.74) is 24.4. The monoisotopic (exact) mass is 1140 g/mol. The van der Waals surface area contributed by atoms with Gasteiger partial charge in [0.15, 0.2) is 0 Å². The Morgan fingerprint density at radius 1 is 0.418 bits per heavy atom. The van der Waals surface area contributed by atoms with E-state index >= 15 is 0 Å². The van der Waals surface area contributed by atoms with E-state index in [1.165, 1.54) is 105 Å². The standard InChI is InChI=1S/C33H24ClN.C22H17Cl.C12H9Br.C4H9O.C2H6.Na/c1-33(2)29-11-7-6-10-25(29)27-19-28-26-17-14-23(34)18-31(26)35(32(28)20-30(27)33)24-15-12-22(13-16-24)21-8-4-3-5-9-21;1-22(2)20-6-4-3-5-17(20)19-12-18-14(11-21(19)22)9-13-10-15(23)7-8-16(13)18;13-12-8-6-11(7-9-12)10-4-2-1-3-5-10;1-4(2,3)5;1-2;/h3-20H,1-2H3;3-8,10-12H,9H2,1-2H3;1-9H;1-3H3;1-2H3;/q;;;-1;;+1. The fourth-order valence-electron chi connectivity index (χ4n) is 11.5. The Hall–Kier alpha value is -5.98. The molecule has 10 aromatic carbocycles. The van der Waals surface area contributed by atoms with Crippen LogP contribution >= 0.6 is 39.1 Å². The van der Waals surface area contributed by atoms with Crippen LogP contribution in [0.1, 0.15) is 95.7 Å². The molecular formula is C73H65BrCl2NNaO. The first kappa shape index (κ1) is 57.7. The molecule has 0 spiro atoms. The Labute approximate surface area is 508 Å². The molecule has 79 heavy (non-hydrogen) atoms. The molecular weight excluding hydrogens is 1080 g/mol. The maximum Gasteiger partial charge on any atom is 1.00 e. The Morgan fingerprint density at radius 2 is 0.848 bits per heavy atom. The molecule has 0 fully saturated rings. The molecule has 2 nitrogen and oxygen atoms in total. The summed E-state index contributed by atoms with van der Waals surface area (Å²) in [5, 5.41) is 14.2. The molecule has 11 aromatic rings. The van der Waals surface area contributed by atoms with Gasteiger partial charge in [-0.2, -0.15) is 0 Å². The molecule has 0 aliphatic heterocycles. The van der Waals surface area contributed by atoms with Crippen molar-refractivity contribution in [1.29, 1.82) is 0 Å². The Balaban J connectivity index is 0.000000147.